The Balaban J connectivity index is 1.49. The van der Waals surface area contributed by atoms with Crippen molar-refractivity contribution in [2.24, 2.45) is 0 Å². The Labute approximate surface area is 212 Å². The molecule has 7 heteroatoms. The molecule has 7 nitrogen and oxygen atoms in total. The summed E-state index contributed by atoms with van der Waals surface area (Å²) >= 11 is 0. The van der Waals surface area contributed by atoms with E-state index in [0.29, 0.717) is 24.4 Å². The summed E-state index contributed by atoms with van der Waals surface area (Å²) in [4.78, 5) is 28.1. The Bertz CT molecular complexity index is 1230. The summed E-state index contributed by atoms with van der Waals surface area (Å²) in [6.07, 6.45) is 2.22. The van der Waals surface area contributed by atoms with Crippen LogP contribution in [0.4, 0.5) is 21.9 Å². The van der Waals surface area contributed by atoms with Crippen LogP contribution in [-0.2, 0) is 6.54 Å². The van der Waals surface area contributed by atoms with Crippen LogP contribution < -0.4 is 25.6 Å². The Kier molecular flexibility index (Phi) is 8.10. The number of nitrogens with one attached hydrogen (secondary N) is 3. The molecule has 3 N–H and O–H groups in total. The second kappa shape index (κ2) is 11.6. The maximum absolute atomic E-state index is 13.0. The van der Waals surface area contributed by atoms with E-state index in [1.807, 2.05) is 75.4 Å². The molecule has 0 bridgehead atoms. The molecule has 0 radical (unpaired) electrons. The van der Waals surface area contributed by atoms with Crippen molar-refractivity contribution in [3.8, 4) is 5.75 Å². The third-order valence-corrected chi connectivity index (χ3v) is 6.38. The number of amides is 3. The van der Waals surface area contributed by atoms with Crippen molar-refractivity contribution in [2.45, 2.75) is 40.2 Å². The minimum absolute atomic E-state index is 0.206. The van der Waals surface area contributed by atoms with Crippen LogP contribution in [0, 0.1) is 13.8 Å². The number of nitrogens with zero attached hydrogens (tertiary/aromatic N) is 1. The SMILES string of the molecule is CCOc1cccc(CNC(=O)c2ccc(N3CCCC3)c(NC(=O)Nc3ccc(C)c(C)c3)c2)c1. The van der Waals surface area contributed by atoms with Gasteiger partial charge in [0.05, 0.1) is 18.0 Å². The number of ether oxygens (including phenoxy) is 1. The van der Waals surface area contributed by atoms with E-state index in [9.17, 15) is 9.59 Å². The number of urea groups is 1. The van der Waals surface area contributed by atoms with Crippen LogP contribution in [0.3, 0.4) is 0 Å². The fourth-order valence-corrected chi connectivity index (χ4v) is 4.31. The molecule has 0 atom stereocenters. The molecule has 1 aliphatic heterocycles. The number of benzene rings is 3. The van der Waals surface area contributed by atoms with Crippen LogP contribution in [0.25, 0.3) is 0 Å². The van der Waals surface area contributed by atoms with E-state index in [2.05, 4.69) is 20.9 Å². The lowest BCUT2D eigenvalue weighted by Crippen LogP contribution is -2.26. The van der Waals surface area contributed by atoms with Crippen molar-refractivity contribution in [1.82, 2.24) is 5.32 Å². The molecule has 1 aliphatic rings. The van der Waals surface area contributed by atoms with Gasteiger partial charge in [0.25, 0.3) is 5.91 Å². The van der Waals surface area contributed by atoms with Crippen LogP contribution in [0.15, 0.2) is 60.7 Å². The second-order valence-electron chi connectivity index (χ2n) is 9.07. The molecule has 4 rings (SSSR count). The molecule has 1 fully saturated rings. The van der Waals surface area contributed by atoms with Gasteiger partial charge in [-0.15, -0.1) is 0 Å². The van der Waals surface area contributed by atoms with Crippen LogP contribution in [-0.4, -0.2) is 31.6 Å². The van der Waals surface area contributed by atoms with Crippen LogP contribution in [0.1, 0.15) is 46.8 Å². The van der Waals surface area contributed by atoms with Crippen molar-refractivity contribution in [3.05, 3.63) is 82.9 Å². The maximum atomic E-state index is 13.0. The number of rotatable bonds is 8. The lowest BCUT2D eigenvalue weighted by atomic mass is 10.1. The fraction of sp³-hybridized carbons (Fsp3) is 0.310. The molecular formula is C29H34N4O3. The molecule has 0 saturated carbocycles. The van der Waals surface area contributed by atoms with Gasteiger partial charge in [0, 0.05) is 30.9 Å². The lowest BCUT2D eigenvalue weighted by Gasteiger charge is -2.22. The van der Waals surface area contributed by atoms with Gasteiger partial charge in [-0.25, -0.2) is 4.79 Å². The second-order valence-corrected chi connectivity index (χ2v) is 9.07. The predicted octanol–water partition coefficient (Wildman–Crippen LogP) is 5.88. The van der Waals surface area contributed by atoms with Gasteiger partial charge in [0.2, 0.25) is 0 Å². The highest BCUT2D eigenvalue weighted by molar-refractivity contribution is 6.04. The minimum Gasteiger partial charge on any atom is -0.494 e. The molecule has 1 saturated heterocycles. The molecule has 3 aromatic carbocycles. The Morgan fingerprint density at radius 3 is 2.47 bits per heavy atom. The Morgan fingerprint density at radius 2 is 1.72 bits per heavy atom. The zero-order valence-corrected chi connectivity index (χ0v) is 21.2. The molecule has 188 valence electrons. The van der Waals surface area contributed by atoms with E-state index in [1.54, 1.807) is 6.07 Å². The third kappa shape index (κ3) is 6.36. The fourth-order valence-electron chi connectivity index (χ4n) is 4.31. The Hall–Kier alpha value is -4.00. The summed E-state index contributed by atoms with van der Waals surface area (Å²) in [5, 5.41) is 8.85. The van der Waals surface area contributed by atoms with Crippen molar-refractivity contribution in [1.29, 1.82) is 0 Å². The van der Waals surface area contributed by atoms with E-state index in [1.165, 1.54) is 5.56 Å². The average molecular weight is 487 g/mol. The standard InChI is InChI=1S/C29H34N4O3/c1-4-36-25-9-7-8-22(17-25)19-30-28(34)23-11-13-27(33-14-5-6-15-33)26(18-23)32-29(35)31-24-12-10-20(2)21(3)16-24/h7-13,16-18H,4-6,14-15,19H2,1-3H3,(H,30,34)(H2,31,32,35). The van der Waals surface area contributed by atoms with Gasteiger partial charge in [0.15, 0.2) is 0 Å². The first-order valence-corrected chi connectivity index (χ1v) is 12.5. The van der Waals surface area contributed by atoms with Crippen molar-refractivity contribution >= 4 is 29.0 Å². The molecule has 0 aromatic heterocycles. The van der Waals surface area contributed by atoms with E-state index in [4.69, 9.17) is 4.74 Å². The molecule has 3 amide bonds. The summed E-state index contributed by atoms with van der Waals surface area (Å²) in [6, 6.07) is 18.6. The highest BCUT2D eigenvalue weighted by Crippen LogP contribution is 2.30. The monoisotopic (exact) mass is 486 g/mol. The number of hydrogen-bond acceptors (Lipinski definition) is 4. The first kappa shape index (κ1) is 25.1. The van der Waals surface area contributed by atoms with E-state index in [-0.39, 0.29) is 11.9 Å². The number of hydrogen-bond donors (Lipinski definition) is 3. The quantitative estimate of drug-likeness (QED) is 0.372. The van der Waals surface area contributed by atoms with Gasteiger partial charge >= 0.3 is 6.03 Å². The van der Waals surface area contributed by atoms with Crippen molar-refractivity contribution in [3.63, 3.8) is 0 Å². The van der Waals surface area contributed by atoms with Gasteiger partial charge < -0.3 is 25.6 Å². The number of anilines is 3. The van der Waals surface area contributed by atoms with Gasteiger partial charge in [-0.2, -0.15) is 0 Å². The summed E-state index contributed by atoms with van der Waals surface area (Å²) in [6.45, 7) is 8.81. The minimum atomic E-state index is -0.344. The summed E-state index contributed by atoms with van der Waals surface area (Å²) in [7, 11) is 0. The van der Waals surface area contributed by atoms with Gasteiger partial charge in [-0.3, -0.25) is 4.79 Å². The topological polar surface area (TPSA) is 82.7 Å². The molecule has 0 unspecified atom stereocenters. The summed E-state index contributed by atoms with van der Waals surface area (Å²) < 4.78 is 5.54. The van der Waals surface area contributed by atoms with Crippen molar-refractivity contribution < 1.29 is 14.3 Å². The van der Waals surface area contributed by atoms with Gasteiger partial charge in [-0.1, -0.05) is 18.2 Å². The average Bonchev–Trinajstić information content (AvgIpc) is 3.40. The third-order valence-electron chi connectivity index (χ3n) is 6.38. The summed E-state index contributed by atoms with van der Waals surface area (Å²) in [5.41, 5.74) is 5.97. The zero-order chi connectivity index (χ0) is 25.5. The Morgan fingerprint density at radius 1 is 0.917 bits per heavy atom. The highest BCUT2D eigenvalue weighted by Gasteiger charge is 2.19. The molecule has 3 aromatic rings. The van der Waals surface area contributed by atoms with E-state index in [0.717, 1.165) is 54.2 Å². The van der Waals surface area contributed by atoms with Crippen LogP contribution in [0.2, 0.25) is 0 Å². The zero-order valence-electron chi connectivity index (χ0n) is 21.2. The van der Waals surface area contributed by atoms with Gasteiger partial charge in [-0.05, 0) is 92.8 Å². The first-order chi connectivity index (χ1) is 17.4. The number of carbonyl (C=O) groups excluding carboxylic acids is 2. The van der Waals surface area contributed by atoms with Crippen molar-refractivity contribution in [2.75, 3.05) is 35.2 Å². The normalized spacial score (nSPS) is 12.8. The van der Waals surface area contributed by atoms with Crippen LogP contribution >= 0.6 is 0 Å². The molecule has 0 spiro atoms. The largest absolute Gasteiger partial charge is 0.494 e. The van der Waals surface area contributed by atoms with E-state index < -0.39 is 0 Å². The first-order valence-electron chi connectivity index (χ1n) is 12.5. The van der Waals surface area contributed by atoms with E-state index >= 15 is 0 Å². The van der Waals surface area contributed by atoms with Crippen LogP contribution in [0.5, 0.6) is 5.75 Å². The maximum Gasteiger partial charge on any atom is 0.323 e. The number of aryl methyl sites for hydroxylation is 2. The molecule has 36 heavy (non-hydrogen) atoms. The molecule has 1 heterocycles. The highest BCUT2D eigenvalue weighted by atomic mass is 16.5. The summed E-state index contributed by atoms with van der Waals surface area (Å²) in [5.74, 6) is 0.572. The molecular weight excluding hydrogens is 452 g/mol. The van der Waals surface area contributed by atoms with Gasteiger partial charge in [0.1, 0.15) is 5.75 Å². The number of carbonyl (C=O) groups is 2. The predicted molar refractivity (Wildman–Crippen MR) is 145 cm³/mol. The lowest BCUT2D eigenvalue weighted by molar-refractivity contribution is 0.0951. The smallest absolute Gasteiger partial charge is 0.323 e. The molecule has 0 aliphatic carbocycles.